The van der Waals surface area contributed by atoms with Crippen molar-refractivity contribution in [3.05, 3.63) is 58.0 Å². The van der Waals surface area contributed by atoms with Crippen molar-refractivity contribution in [2.75, 3.05) is 13.1 Å². The highest BCUT2D eigenvalue weighted by Crippen LogP contribution is 2.23. The Kier molecular flexibility index (Phi) is 6.70. The van der Waals surface area contributed by atoms with E-state index in [1.165, 1.54) is 21.6 Å². The summed E-state index contributed by atoms with van der Waals surface area (Å²) in [5.74, 6) is 0. The SMILES string of the molecule is C/C=C\C1=C(S)CCN(Cc2ccccc2C)C1.Cl. The molecular weight excluding hydrogens is 274 g/mol. The molecule has 0 unspecified atom stereocenters. The Morgan fingerprint density at radius 3 is 2.74 bits per heavy atom. The minimum atomic E-state index is 0. The summed E-state index contributed by atoms with van der Waals surface area (Å²) in [7, 11) is 0. The first-order valence-electron chi connectivity index (χ1n) is 6.51. The second-order valence-corrected chi connectivity index (χ2v) is 5.40. The van der Waals surface area contributed by atoms with E-state index in [-0.39, 0.29) is 12.4 Å². The molecule has 0 aliphatic carbocycles. The molecule has 0 saturated carbocycles. The zero-order chi connectivity index (χ0) is 13.0. The van der Waals surface area contributed by atoms with Gasteiger partial charge in [-0.05, 0) is 41.9 Å². The van der Waals surface area contributed by atoms with E-state index in [0.29, 0.717) is 0 Å². The molecule has 0 radical (unpaired) electrons. The Labute approximate surface area is 128 Å². The predicted molar refractivity (Wildman–Crippen MR) is 89.1 cm³/mol. The van der Waals surface area contributed by atoms with Gasteiger partial charge in [-0.15, -0.1) is 25.0 Å². The second kappa shape index (κ2) is 7.78. The summed E-state index contributed by atoms with van der Waals surface area (Å²) in [6.07, 6.45) is 5.35. The van der Waals surface area contributed by atoms with Gasteiger partial charge in [0.2, 0.25) is 0 Å². The van der Waals surface area contributed by atoms with Crippen LogP contribution in [0.3, 0.4) is 0 Å². The highest BCUT2D eigenvalue weighted by atomic mass is 35.5. The number of hydrogen-bond acceptors (Lipinski definition) is 2. The standard InChI is InChI=1S/C16H21NS.ClH/c1-3-6-15-12-17(10-9-16(15)18)11-14-8-5-4-7-13(14)2;/h3-8,18H,9-12H2,1-2H3;1H/b6-3-;. The van der Waals surface area contributed by atoms with Gasteiger partial charge in [0.15, 0.2) is 0 Å². The maximum absolute atomic E-state index is 4.58. The molecular formula is C16H22ClNS. The van der Waals surface area contributed by atoms with E-state index in [4.69, 9.17) is 0 Å². The number of rotatable bonds is 3. The smallest absolute Gasteiger partial charge is 0.0245 e. The van der Waals surface area contributed by atoms with Crippen molar-refractivity contribution in [2.45, 2.75) is 26.8 Å². The van der Waals surface area contributed by atoms with Gasteiger partial charge in [-0.3, -0.25) is 4.90 Å². The molecule has 3 heteroatoms. The van der Waals surface area contributed by atoms with Gasteiger partial charge in [0, 0.05) is 19.6 Å². The molecule has 0 atom stereocenters. The van der Waals surface area contributed by atoms with Crippen LogP contribution in [0.1, 0.15) is 24.5 Å². The molecule has 1 nitrogen and oxygen atoms in total. The first-order valence-corrected chi connectivity index (χ1v) is 6.96. The van der Waals surface area contributed by atoms with Crippen molar-refractivity contribution in [3.8, 4) is 0 Å². The van der Waals surface area contributed by atoms with Crippen LogP contribution < -0.4 is 0 Å². The van der Waals surface area contributed by atoms with Crippen LogP contribution in [0, 0.1) is 6.92 Å². The first-order chi connectivity index (χ1) is 8.70. The third-order valence-corrected chi connectivity index (χ3v) is 3.96. The van der Waals surface area contributed by atoms with Crippen LogP contribution >= 0.6 is 25.0 Å². The van der Waals surface area contributed by atoms with Gasteiger partial charge in [0.05, 0.1) is 0 Å². The number of benzene rings is 1. The van der Waals surface area contributed by atoms with Gasteiger partial charge in [-0.25, -0.2) is 0 Å². The fourth-order valence-corrected chi connectivity index (χ4v) is 2.59. The summed E-state index contributed by atoms with van der Waals surface area (Å²) in [4.78, 5) is 3.74. The molecule has 0 amide bonds. The van der Waals surface area contributed by atoms with E-state index < -0.39 is 0 Å². The fraction of sp³-hybridized carbons (Fsp3) is 0.375. The van der Waals surface area contributed by atoms with Crippen LogP contribution in [0.2, 0.25) is 0 Å². The van der Waals surface area contributed by atoms with Crippen molar-refractivity contribution in [1.82, 2.24) is 4.90 Å². The third kappa shape index (κ3) is 4.41. The average molecular weight is 296 g/mol. The van der Waals surface area contributed by atoms with Crippen molar-refractivity contribution in [3.63, 3.8) is 0 Å². The van der Waals surface area contributed by atoms with E-state index >= 15 is 0 Å². The van der Waals surface area contributed by atoms with Gasteiger partial charge in [0.1, 0.15) is 0 Å². The maximum Gasteiger partial charge on any atom is 0.0245 e. The number of allylic oxidation sites excluding steroid dienone is 1. The lowest BCUT2D eigenvalue weighted by Crippen LogP contribution is -2.30. The molecule has 2 rings (SSSR count). The molecule has 1 aliphatic heterocycles. The molecule has 0 bridgehead atoms. The Bertz CT molecular complexity index is 479. The summed E-state index contributed by atoms with van der Waals surface area (Å²) >= 11 is 4.58. The Balaban J connectivity index is 0.00000180. The topological polar surface area (TPSA) is 3.24 Å². The number of aryl methyl sites for hydroxylation is 1. The predicted octanol–water partition coefficient (Wildman–Crippen LogP) is 4.38. The second-order valence-electron chi connectivity index (χ2n) is 4.86. The zero-order valence-corrected chi connectivity index (χ0v) is 13.3. The van der Waals surface area contributed by atoms with E-state index in [9.17, 15) is 0 Å². The van der Waals surface area contributed by atoms with Crippen LogP contribution in [0.25, 0.3) is 0 Å². The quantitative estimate of drug-likeness (QED) is 0.810. The van der Waals surface area contributed by atoms with E-state index in [1.807, 2.05) is 0 Å². The molecule has 104 valence electrons. The lowest BCUT2D eigenvalue weighted by Gasteiger charge is -2.28. The van der Waals surface area contributed by atoms with Crippen molar-refractivity contribution in [1.29, 1.82) is 0 Å². The lowest BCUT2D eigenvalue weighted by molar-refractivity contribution is 0.283. The van der Waals surface area contributed by atoms with Crippen molar-refractivity contribution >= 4 is 25.0 Å². The zero-order valence-electron chi connectivity index (χ0n) is 11.6. The highest BCUT2D eigenvalue weighted by Gasteiger charge is 2.15. The third-order valence-electron chi connectivity index (χ3n) is 3.45. The Hall–Kier alpha value is -0.700. The summed E-state index contributed by atoms with van der Waals surface area (Å²) in [5.41, 5.74) is 4.17. The number of halogens is 1. The minimum Gasteiger partial charge on any atom is -0.294 e. The van der Waals surface area contributed by atoms with E-state index in [0.717, 1.165) is 26.1 Å². The minimum absolute atomic E-state index is 0. The molecule has 0 N–H and O–H groups in total. The number of hydrogen-bond donors (Lipinski definition) is 1. The van der Waals surface area contributed by atoms with Gasteiger partial charge >= 0.3 is 0 Å². The molecule has 1 aliphatic rings. The number of nitrogens with zero attached hydrogens (tertiary/aromatic N) is 1. The number of thiol groups is 1. The normalized spacial score (nSPS) is 16.8. The molecule has 1 aromatic carbocycles. The fourth-order valence-electron chi connectivity index (χ4n) is 2.35. The molecule has 0 fully saturated rings. The maximum atomic E-state index is 4.58. The molecule has 0 saturated heterocycles. The van der Waals surface area contributed by atoms with Crippen molar-refractivity contribution < 1.29 is 0 Å². The summed E-state index contributed by atoms with van der Waals surface area (Å²) in [5, 5.41) is 0. The van der Waals surface area contributed by atoms with Gasteiger partial charge < -0.3 is 0 Å². The van der Waals surface area contributed by atoms with Crippen LogP contribution in [-0.4, -0.2) is 18.0 Å². The molecule has 0 spiro atoms. The first kappa shape index (κ1) is 16.4. The highest BCUT2D eigenvalue weighted by molar-refractivity contribution is 7.84. The van der Waals surface area contributed by atoms with E-state index in [1.54, 1.807) is 0 Å². The van der Waals surface area contributed by atoms with Crippen LogP contribution in [0.4, 0.5) is 0 Å². The van der Waals surface area contributed by atoms with Gasteiger partial charge in [-0.2, -0.15) is 0 Å². The Morgan fingerprint density at radius 2 is 2.05 bits per heavy atom. The Morgan fingerprint density at radius 1 is 1.32 bits per heavy atom. The molecule has 1 heterocycles. The summed E-state index contributed by atoms with van der Waals surface area (Å²) in [6, 6.07) is 8.64. The summed E-state index contributed by atoms with van der Waals surface area (Å²) < 4.78 is 0. The molecule has 1 aromatic rings. The van der Waals surface area contributed by atoms with Crippen LogP contribution in [0.15, 0.2) is 46.9 Å². The summed E-state index contributed by atoms with van der Waals surface area (Å²) in [6.45, 7) is 7.40. The van der Waals surface area contributed by atoms with Gasteiger partial charge in [-0.1, -0.05) is 36.4 Å². The monoisotopic (exact) mass is 295 g/mol. The molecule has 0 aromatic heterocycles. The molecule has 19 heavy (non-hydrogen) atoms. The largest absolute Gasteiger partial charge is 0.294 e. The van der Waals surface area contributed by atoms with Gasteiger partial charge in [0.25, 0.3) is 0 Å². The van der Waals surface area contributed by atoms with E-state index in [2.05, 4.69) is 67.8 Å². The van der Waals surface area contributed by atoms with Crippen LogP contribution in [0.5, 0.6) is 0 Å². The van der Waals surface area contributed by atoms with Crippen molar-refractivity contribution in [2.24, 2.45) is 0 Å². The average Bonchev–Trinajstić information content (AvgIpc) is 2.36. The van der Waals surface area contributed by atoms with Crippen LogP contribution in [-0.2, 0) is 6.54 Å². The lowest BCUT2D eigenvalue weighted by atomic mass is 10.1.